The van der Waals surface area contributed by atoms with Gasteiger partial charge in [-0.2, -0.15) is 5.10 Å². The Labute approximate surface area is 159 Å². The Morgan fingerprint density at radius 1 is 1.07 bits per heavy atom. The number of oxime groups is 1. The molecule has 1 N–H and O–H groups in total. The average Bonchev–Trinajstić information content (AvgIpc) is 3.36. The van der Waals surface area contributed by atoms with Gasteiger partial charge >= 0.3 is 5.88 Å². The maximum atomic E-state index is 10.9. The first-order chi connectivity index (χ1) is 13.7. The Morgan fingerprint density at radius 3 is 2.54 bits per heavy atom. The topological polar surface area (TPSA) is 107 Å². The van der Waals surface area contributed by atoms with Crippen molar-refractivity contribution < 1.29 is 14.5 Å². The second-order valence-electron chi connectivity index (χ2n) is 5.90. The van der Waals surface area contributed by atoms with Crippen molar-refractivity contribution >= 4 is 12.1 Å². The fraction of sp³-hybridized carbons (Fsp3) is 0. The summed E-state index contributed by atoms with van der Waals surface area (Å²) in [5.41, 5.74) is 3.55. The number of nitrogens with zero attached hydrogens (tertiary/aromatic N) is 4. The number of rotatable bonds is 5. The summed E-state index contributed by atoms with van der Waals surface area (Å²) in [6.07, 6.45) is 2.88. The number of hydrogen-bond donors (Lipinski definition) is 1. The van der Waals surface area contributed by atoms with Crippen molar-refractivity contribution in [2.75, 3.05) is 0 Å². The Balaban J connectivity index is 1.85. The monoisotopic (exact) mass is 374 g/mol. The van der Waals surface area contributed by atoms with Crippen molar-refractivity contribution in [1.29, 1.82) is 0 Å². The highest BCUT2D eigenvalue weighted by Crippen LogP contribution is 2.30. The molecule has 8 nitrogen and oxygen atoms in total. The molecule has 0 unspecified atom stereocenters. The summed E-state index contributed by atoms with van der Waals surface area (Å²) in [6.45, 7) is 0. The van der Waals surface area contributed by atoms with E-state index in [4.69, 9.17) is 9.62 Å². The van der Waals surface area contributed by atoms with Gasteiger partial charge in [0.2, 0.25) is 0 Å². The lowest BCUT2D eigenvalue weighted by Gasteiger charge is -2.09. The van der Waals surface area contributed by atoms with Gasteiger partial charge < -0.3 is 9.62 Å². The van der Waals surface area contributed by atoms with Crippen molar-refractivity contribution in [3.63, 3.8) is 0 Å². The third kappa shape index (κ3) is 3.14. The number of aromatic nitrogens is 2. The summed E-state index contributed by atoms with van der Waals surface area (Å²) in [5, 5.41) is 27.5. The molecule has 0 aliphatic heterocycles. The summed E-state index contributed by atoms with van der Waals surface area (Å²) in [7, 11) is 0. The molecule has 0 aliphatic rings. The Hall–Kier alpha value is -4.20. The van der Waals surface area contributed by atoms with Crippen molar-refractivity contribution in [1.82, 2.24) is 9.78 Å². The maximum absolute atomic E-state index is 10.9. The zero-order valence-electron chi connectivity index (χ0n) is 14.5. The lowest BCUT2D eigenvalue weighted by Crippen LogP contribution is -1.97. The highest BCUT2D eigenvalue weighted by molar-refractivity contribution is 5.87. The molecule has 0 saturated heterocycles. The molecule has 0 fully saturated rings. The normalized spacial score (nSPS) is 11.1. The van der Waals surface area contributed by atoms with Crippen LogP contribution in [0.25, 0.3) is 28.3 Å². The van der Waals surface area contributed by atoms with Gasteiger partial charge in [0.15, 0.2) is 5.76 Å². The highest BCUT2D eigenvalue weighted by Gasteiger charge is 2.19. The van der Waals surface area contributed by atoms with Crippen LogP contribution in [0.3, 0.4) is 0 Å². The average molecular weight is 374 g/mol. The third-order valence-corrected chi connectivity index (χ3v) is 4.18. The zero-order valence-corrected chi connectivity index (χ0v) is 14.5. The molecule has 2 aromatic heterocycles. The van der Waals surface area contributed by atoms with E-state index in [1.165, 1.54) is 18.3 Å². The van der Waals surface area contributed by atoms with E-state index in [2.05, 4.69) is 10.3 Å². The minimum atomic E-state index is -0.620. The van der Waals surface area contributed by atoms with Gasteiger partial charge in [-0.15, -0.1) is 0 Å². The standard InChI is InChI=1S/C20H14N4O4/c25-21-12-15-13-23(22-20(15)18-10-11-19(28-18)24(26)27)17-9-5-4-8-16(17)14-6-2-1-3-7-14/h1-13,25H. The molecule has 0 bridgehead atoms. The lowest BCUT2D eigenvalue weighted by atomic mass is 10.0. The second-order valence-corrected chi connectivity index (χ2v) is 5.90. The maximum Gasteiger partial charge on any atom is 0.433 e. The molecule has 0 atom stereocenters. The molecule has 0 aliphatic carbocycles. The van der Waals surface area contributed by atoms with Crippen LogP contribution in [0.4, 0.5) is 5.88 Å². The van der Waals surface area contributed by atoms with Gasteiger partial charge in [-0.1, -0.05) is 53.7 Å². The molecule has 4 aromatic rings. The zero-order chi connectivity index (χ0) is 19.5. The van der Waals surface area contributed by atoms with E-state index >= 15 is 0 Å². The largest absolute Gasteiger partial charge is 0.433 e. The van der Waals surface area contributed by atoms with Crippen LogP contribution in [0.5, 0.6) is 0 Å². The Kier molecular flexibility index (Phi) is 4.43. The van der Waals surface area contributed by atoms with Crippen LogP contribution in [0.1, 0.15) is 5.56 Å². The molecule has 28 heavy (non-hydrogen) atoms. The summed E-state index contributed by atoms with van der Waals surface area (Å²) < 4.78 is 6.89. The van der Waals surface area contributed by atoms with Gasteiger partial charge in [-0.05, 0) is 17.7 Å². The first kappa shape index (κ1) is 17.2. The number of benzene rings is 2. The number of hydrogen-bond acceptors (Lipinski definition) is 6. The minimum Gasteiger partial charge on any atom is -0.411 e. The van der Waals surface area contributed by atoms with E-state index in [0.717, 1.165) is 16.8 Å². The van der Waals surface area contributed by atoms with E-state index in [1.54, 1.807) is 10.9 Å². The van der Waals surface area contributed by atoms with Crippen LogP contribution in [-0.2, 0) is 0 Å². The SMILES string of the molecule is O=[N+]([O-])c1ccc(-c2nn(-c3ccccc3-c3ccccc3)cc2C=NO)o1. The van der Waals surface area contributed by atoms with Crippen LogP contribution in [0.2, 0.25) is 0 Å². The molecule has 138 valence electrons. The molecular formula is C20H14N4O4. The highest BCUT2D eigenvalue weighted by atomic mass is 16.6. The van der Waals surface area contributed by atoms with Crippen molar-refractivity contribution in [2.24, 2.45) is 5.16 Å². The van der Waals surface area contributed by atoms with E-state index in [0.29, 0.717) is 11.3 Å². The second kappa shape index (κ2) is 7.20. The molecule has 4 rings (SSSR count). The van der Waals surface area contributed by atoms with Crippen molar-refractivity contribution in [3.8, 4) is 28.3 Å². The fourth-order valence-electron chi connectivity index (χ4n) is 2.95. The predicted octanol–water partition coefficient (Wildman–Crippen LogP) is 4.52. The van der Waals surface area contributed by atoms with Gasteiger partial charge in [0.05, 0.1) is 18.0 Å². The minimum absolute atomic E-state index is 0.206. The Bertz CT molecular complexity index is 1160. The van der Waals surface area contributed by atoms with Crippen molar-refractivity contribution in [3.05, 3.63) is 88.6 Å². The summed E-state index contributed by atoms with van der Waals surface area (Å²) in [4.78, 5) is 10.3. The first-order valence-corrected chi connectivity index (χ1v) is 8.34. The molecule has 2 aromatic carbocycles. The quantitative estimate of drug-likeness (QED) is 0.239. The number of para-hydroxylation sites is 1. The Morgan fingerprint density at radius 2 is 1.82 bits per heavy atom. The summed E-state index contributed by atoms with van der Waals surface area (Å²) >= 11 is 0. The fourth-order valence-corrected chi connectivity index (χ4v) is 2.95. The van der Waals surface area contributed by atoms with E-state index < -0.39 is 4.92 Å². The van der Waals surface area contributed by atoms with Gasteiger partial charge in [-0.25, -0.2) is 4.68 Å². The smallest absolute Gasteiger partial charge is 0.411 e. The molecule has 8 heteroatoms. The molecular weight excluding hydrogens is 360 g/mol. The molecule has 0 amide bonds. The van der Waals surface area contributed by atoms with E-state index in [-0.39, 0.29) is 11.6 Å². The summed E-state index contributed by atoms with van der Waals surface area (Å²) in [6, 6.07) is 20.3. The molecule has 0 spiro atoms. The lowest BCUT2D eigenvalue weighted by molar-refractivity contribution is -0.401. The van der Waals surface area contributed by atoms with Gasteiger partial charge in [0, 0.05) is 17.3 Å². The van der Waals surface area contributed by atoms with Crippen LogP contribution >= 0.6 is 0 Å². The molecule has 0 saturated carbocycles. The van der Waals surface area contributed by atoms with Gasteiger partial charge in [0.25, 0.3) is 0 Å². The number of nitro groups is 1. The van der Waals surface area contributed by atoms with Gasteiger partial charge in [0.1, 0.15) is 10.6 Å². The molecule has 2 heterocycles. The van der Waals surface area contributed by atoms with Crippen LogP contribution in [-0.4, -0.2) is 26.1 Å². The predicted molar refractivity (Wildman–Crippen MR) is 103 cm³/mol. The van der Waals surface area contributed by atoms with Crippen LogP contribution in [0, 0.1) is 10.1 Å². The van der Waals surface area contributed by atoms with Crippen LogP contribution < -0.4 is 0 Å². The molecule has 0 radical (unpaired) electrons. The summed E-state index contributed by atoms with van der Waals surface area (Å²) in [5.74, 6) is -0.182. The van der Waals surface area contributed by atoms with E-state index in [1.807, 2.05) is 54.6 Å². The first-order valence-electron chi connectivity index (χ1n) is 8.34. The number of furan rings is 1. The third-order valence-electron chi connectivity index (χ3n) is 4.18. The van der Waals surface area contributed by atoms with Crippen LogP contribution in [0.15, 0.2) is 82.5 Å². The van der Waals surface area contributed by atoms with Gasteiger partial charge in [-0.3, -0.25) is 10.1 Å². The van der Waals surface area contributed by atoms with E-state index in [9.17, 15) is 10.1 Å². The van der Waals surface area contributed by atoms with Crippen molar-refractivity contribution in [2.45, 2.75) is 0 Å².